The Balaban J connectivity index is 1.42. The van der Waals surface area contributed by atoms with E-state index in [0.29, 0.717) is 6.42 Å². The van der Waals surface area contributed by atoms with Gasteiger partial charge in [0.2, 0.25) is 5.91 Å². The molecule has 1 aliphatic rings. The number of thiazole rings is 1. The van der Waals surface area contributed by atoms with E-state index >= 15 is 0 Å². The second-order valence-corrected chi connectivity index (χ2v) is 6.92. The number of hydrogen-bond acceptors (Lipinski definition) is 5. The number of aromatic nitrogens is 1. The lowest BCUT2D eigenvalue weighted by Gasteiger charge is -2.34. The first-order chi connectivity index (χ1) is 12.2. The molecule has 0 aliphatic carbocycles. The Kier molecular flexibility index (Phi) is 6.19. The number of nitrogens with one attached hydrogen (secondary N) is 1. The monoisotopic (exact) mass is 356 g/mol. The summed E-state index contributed by atoms with van der Waals surface area (Å²) in [5.41, 5.74) is 2.08. The highest BCUT2D eigenvalue weighted by molar-refractivity contribution is 7.13. The molecule has 0 unspecified atom stereocenters. The van der Waals surface area contributed by atoms with Gasteiger partial charge in [-0.2, -0.15) is 0 Å². The lowest BCUT2D eigenvalue weighted by molar-refractivity contribution is -0.132. The van der Waals surface area contributed by atoms with Crippen molar-refractivity contribution in [3.8, 4) is 0 Å². The minimum Gasteiger partial charge on any atom is -0.365 e. The van der Waals surface area contributed by atoms with Crippen LogP contribution in [-0.2, 0) is 11.2 Å². The van der Waals surface area contributed by atoms with Gasteiger partial charge < -0.3 is 10.2 Å². The van der Waals surface area contributed by atoms with Crippen LogP contribution in [0.3, 0.4) is 0 Å². The van der Waals surface area contributed by atoms with Gasteiger partial charge in [0.1, 0.15) is 0 Å². The third-order valence-electron chi connectivity index (χ3n) is 4.30. The fraction of sp³-hybridized carbons (Fsp3) is 0.368. The van der Waals surface area contributed by atoms with Crippen molar-refractivity contribution in [3.05, 3.63) is 53.0 Å². The number of carbonyl (C=O) groups is 1. The summed E-state index contributed by atoms with van der Waals surface area (Å²) in [5.74, 6) is 0.174. The van der Waals surface area contributed by atoms with Crippen LogP contribution in [-0.4, -0.2) is 60.5 Å². The molecule has 6 heteroatoms. The maximum atomic E-state index is 12.4. The minimum atomic E-state index is 0.174. The van der Waals surface area contributed by atoms with E-state index in [0.717, 1.165) is 43.5 Å². The summed E-state index contributed by atoms with van der Waals surface area (Å²) in [4.78, 5) is 21.1. The second kappa shape index (κ2) is 8.78. The van der Waals surface area contributed by atoms with Crippen molar-refractivity contribution in [1.29, 1.82) is 0 Å². The Hall–Kier alpha value is -2.18. The molecular weight excluding hydrogens is 332 g/mol. The van der Waals surface area contributed by atoms with Gasteiger partial charge in [-0.1, -0.05) is 42.5 Å². The van der Waals surface area contributed by atoms with Crippen molar-refractivity contribution in [2.75, 3.05) is 45.1 Å². The van der Waals surface area contributed by atoms with Gasteiger partial charge in [-0.05, 0) is 5.56 Å². The lowest BCUT2D eigenvalue weighted by atomic mass is 10.2. The Labute approximate surface area is 153 Å². The number of rotatable bonds is 6. The minimum absolute atomic E-state index is 0.174. The molecule has 1 amide bonds. The van der Waals surface area contributed by atoms with Crippen molar-refractivity contribution < 1.29 is 4.79 Å². The molecule has 0 radical (unpaired) electrons. The van der Waals surface area contributed by atoms with E-state index < -0.39 is 0 Å². The third-order valence-corrected chi connectivity index (χ3v) is 5.21. The zero-order valence-electron chi connectivity index (χ0n) is 14.5. The number of amides is 1. The van der Waals surface area contributed by atoms with Crippen LogP contribution in [0.5, 0.6) is 0 Å². The van der Waals surface area contributed by atoms with Crippen molar-refractivity contribution in [2.45, 2.75) is 6.42 Å². The van der Waals surface area contributed by atoms with Gasteiger partial charge in [0.25, 0.3) is 0 Å². The summed E-state index contributed by atoms with van der Waals surface area (Å²) in [7, 11) is 1.84. The van der Waals surface area contributed by atoms with Crippen molar-refractivity contribution in [2.24, 2.45) is 0 Å². The van der Waals surface area contributed by atoms with Gasteiger partial charge in [-0.25, -0.2) is 4.98 Å². The maximum Gasteiger partial charge on any atom is 0.228 e. The quantitative estimate of drug-likeness (QED) is 0.864. The number of carbonyl (C=O) groups excluding carboxylic acids is 1. The molecule has 3 rings (SSSR count). The van der Waals surface area contributed by atoms with E-state index in [2.05, 4.69) is 39.5 Å². The molecule has 1 aliphatic heterocycles. The number of hydrogen-bond donors (Lipinski definition) is 1. The number of piperazine rings is 1. The second-order valence-electron chi connectivity index (χ2n) is 6.07. The highest BCUT2D eigenvalue weighted by atomic mass is 32.1. The Bertz CT molecular complexity index is 705. The van der Waals surface area contributed by atoms with E-state index in [1.54, 1.807) is 0 Å². The lowest BCUT2D eigenvalue weighted by Crippen LogP contribution is -2.49. The summed E-state index contributed by atoms with van der Waals surface area (Å²) in [6.07, 6.45) is 4.74. The first-order valence-corrected chi connectivity index (χ1v) is 9.46. The summed E-state index contributed by atoms with van der Waals surface area (Å²) in [5, 5.41) is 5.82. The summed E-state index contributed by atoms with van der Waals surface area (Å²) >= 11 is 1.54. The fourth-order valence-corrected chi connectivity index (χ4v) is 3.52. The molecule has 1 fully saturated rings. The molecule has 1 aromatic carbocycles. The van der Waals surface area contributed by atoms with Crippen molar-refractivity contribution in [1.82, 2.24) is 14.8 Å². The van der Waals surface area contributed by atoms with E-state index in [9.17, 15) is 4.79 Å². The zero-order chi connectivity index (χ0) is 17.5. The molecule has 0 atom stereocenters. The van der Waals surface area contributed by atoms with Gasteiger partial charge in [0, 0.05) is 45.2 Å². The van der Waals surface area contributed by atoms with E-state index in [-0.39, 0.29) is 5.91 Å². The molecule has 132 valence electrons. The normalized spacial score (nSPS) is 15.6. The largest absolute Gasteiger partial charge is 0.365 e. The molecule has 2 aromatic rings. The molecular formula is C19H24N4OS. The topological polar surface area (TPSA) is 48.5 Å². The third kappa shape index (κ3) is 5.14. The number of benzene rings is 1. The predicted molar refractivity (Wildman–Crippen MR) is 104 cm³/mol. The fourth-order valence-electron chi connectivity index (χ4n) is 2.85. The van der Waals surface area contributed by atoms with Crippen LogP contribution in [0.25, 0.3) is 6.08 Å². The zero-order valence-corrected chi connectivity index (χ0v) is 15.3. The average Bonchev–Trinajstić information content (AvgIpc) is 3.11. The van der Waals surface area contributed by atoms with Crippen molar-refractivity contribution in [3.63, 3.8) is 0 Å². The van der Waals surface area contributed by atoms with Crippen LogP contribution in [0.1, 0.15) is 11.3 Å². The Morgan fingerprint density at radius 3 is 2.68 bits per heavy atom. The highest BCUT2D eigenvalue weighted by Crippen LogP contribution is 2.15. The molecule has 0 bridgehead atoms. The molecule has 2 heterocycles. The molecule has 1 saturated heterocycles. The molecule has 1 aromatic heterocycles. The van der Waals surface area contributed by atoms with E-state index in [1.807, 2.05) is 35.5 Å². The Morgan fingerprint density at radius 1 is 1.24 bits per heavy atom. The first kappa shape index (κ1) is 17.6. The van der Waals surface area contributed by atoms with Gasteiger partial charge in [-0.15, -0.1) is 11.3 Å². The van der Waals surface area contributed by atoms with Crippen LogP contribution in [0.15, 0.2) is 41.8 Å². The molecule has 25 heavy (non-hydrogen) atoms. The van der Waals surface area contributed by atoms with Crippen molar-refractivity contribution >= 4 is 28.5 Å². The number of nitrogens with zero attached hydrogens (tertiary/aromatic N) is 3. The van der Waals surface area contributed by atoms with Gasteiger partial charge in [0.05, 0.1) is 12.1 Å². The van der Waals surface area contributed by atoms with Gasteiger partial charge in [0.15, 0.2) is 5.13 Å². The molecule has 1 N–H and O–H groups in total. The smallest absolute Gasteiger partial charge is 0.228 e. The predicted octanol–water partition coefficient (Wildman–Crippen LogP) is 2.58. The van der Waals surface area contributed by atoms with E-state index in [1.165, 1.54) is 16.9 Å². The van der Waals surface area contributed by atoms with Crippen LogP contribution >= 0.6 is 11.3 Å². The highest BCUT2D eigenvalue weighted by Gasteiger charge is 2.21. The standard InChI is InChI=1S/C19H24N4OS/c1-20-19-21-17(15-25-19)14-18(24)23-12-10-22(11-13-23)9-5-8-16-6-3-2-4-7-16/h2-8,15H,9-14H2,1H3,(H,20,21)/b8-5+. The molecule has 5 nitrogen and oxygen atoms in total. The van der Waals surface area contributed by atoms with Crippen LogP contribution in [0, 0.1) is 0 Å². The van der Waals surface area contributed by atoms with Crippen LogP contribution < -0.4 is 5.32 Å². The molecule has 0 spiro atoms. The summed E-state index contributed by atoms with van der Waals surface area (Å²) < 4.78 is 0. The Morgan fingerprint density at radius 2 is 2.00 bits per heavy atom. The summed E-state index contributed by atoms with van der Waals surface area (Å²) in [6.45, 7) is 4.35. The van der Waals surface area contributed by atoms with E-state index in [4.69, 9.17) is 0 Å². The number of anilines is 1. The first-order valence-electron chi connectivity index (χ1n) is 8.58. The SMILES string of the molecule is CNc1nc(CC(=O)N2CCN(C/C=C/c3ccccc3)CC2)cs1. The average molecular weight is 356 g/mol. The molecule has 0 saturated carbocycles. The van der Waals surface area contributed by atoms with Gasteiger partial charge in [-0.3, -0.25) is 9.69 Å². The van der Waals surface area contributed by atoms with Gasteiger partial charge >= 0.3 is 0 Å². The summed E-state index contributed by atoms with van der Waals surface area (Å²) in [6, 6.07) is 10.3. The van der Waals surface area contributed by atoms with Crippen LogP contribution in [0.2, 0.25) is 0 Å². The maximum absolute atomic E-state index is 12.4. The van der Waals surface area contributed by atoms with Crippen LogP contribution in [0.4, 0.5) is 5.13 Å².